The molecular weight excluding hydrogens is 256 g/mol. The van der Waals surface area contributed by atoms with Crippen molar-refractivity contribution in [3.8, 4) is 5.75 Å². The fourth-order valence-electron chi connectivity index (χ4n) is 1.85. The Kier molecular flexibility index (Phi) is 6.73. The van der Waals surface area contributed by atoms with E-state index in [4.69, 9.17) is 4.74 Å². The Morgan fingerprint density at radius 1 is 1.25 bits per heavy atom. The fraction of sp³-hybridized carbons (Fsp3) is 0.467. The Hall–Kier alpha value is -1.88. The Morgan fingerprint density at radius 2 is 1.95 bits per heavy atom. The molecule has 1 aromatic rings. The summed E-state index contributed by atoms with van der Waals surface area (Å²) in [6.07, 6.45) is 0.781. The average molecular weight is 278 g/mol. The van der Waals surface area contributed by atoms with Crippen LogP contribution in [0.5, 0.6) is 5.75 Å². The summed E-state index contributed by atoms with van der Waals surface area (Å²) < 4.78 is 5.19. The van der Waals surface area contributed by atoms with Crippen LogP contribution in [0.2, 0.25) is 0 Å². The zero-order valence-electron chi connectivity index (χ0n) is 12.2. The van der Waals surface area contributed by atoms with E-state index in [0.29, 0.717) is 24.4 Å². The quantitative estimate of drug-likeness (QED) is 0.557. The molecule has 1 atom stereocenters. The third-order valence-electron chi connectivity index (χ3n) is 2.94. The van der Waals surface area contributed by atoms with Gasteiger partial charge in [0.2, 0.25) is 5.91 Å². The van der Waals surface area contributed by atoms with E-state index in [9.17, 15) is 9.59 Å². The number of ether oxygens (including phenoxy) is 1. The van der Waals surface area contributed by atoms with Gasteiger partial charge in [-0.05, 0) is 32.0 Å². The van der Waals surface area contributed by atoms with Crippen LogP contribution in [0.1, 0.15) is 30.6 Å². The Bertz CT molecular complexity index is 460. The molecule has 0 spiro atoms. The van der Waals surface area contributed by atoms with Crippen molar-refractivity contribution in [2.24, 2.45) is 0 Å². The summed E-state index contributed by atoms with van der Waals surface area (Å²) in [5.41, 5.74) is 0.580. The molecule has 5 nitrogen and oxygen atoms in total. The molecule has 1 rings (SSSR count). The molecule has 2 N–H and O–H groups in total. The van der Waals surface area contributed by atoms with Crippen LogP contribution in [-0.4, -0.2) is 37.9 Å². The van der Waals surface area contributed by atoms with Gasteiger partial charge in [0, 0.05) is 13.5 Å². The summed E-state index contributed by atoms with van der Waals surface area (Å²) in [6.45, 7) is 4.59. The van der Waals surface area contributed by atoms with Gasteiger partial charge in [0.15, 0.2) is 5.78 Å². The van der Waals surface area contributed by atoms with Crippen molar-refractivity contribution in [2.45, 2.75) is 26.3 Å². The highest BCUT2D eigenvalue weighted by atomic mass is 16.5. The van der Waals surface area contributed by atoms with Crippen LogP contribution in [0.25, 0.3) is 0 Å². The summed E-state index contributed by atoms with van der Waals surface area (Å²) in [7, 11) is 1.55. The number of nitrogens with one attached hydrogen (secondary N) is 2. The SMILES string of the molecule is COc1ccccc1C(=O)C(C)NCCCNC(C)=O. The van der Waals surface area contributed by atoms with E-state index in [1.807, 2.05) is 19.1 Å². The van der Waals surface area contributed by atoms with Crippen LogP contribution in [0.15, 0.2) is 24.3 Å². The zero-order chi connectivity index (χ0) is 15.0. The summed E-state index contributed by atoms with van der Waals surface area (Å²) in [5, 5.41) is 5.86. The molecule has 0 aliphatic carbocycles. The maximum atomic E-state index is 12.3. The van der Waals surface area contributed by atoms with E-state index in [1.54, 1.807) is 19.2 Å². The van der Waals surface area contributed by atoms with Crippen molar-refractivity contribution < 1.29 is 14.3 Å². The minimum Gasteiger partial charge on any atom is -0.496 e. The van der Waals surface area contributed by atoms with Crippen LogP contribution >= 0.6 is 0 Å². The molecule has 0 aliphatic heterocycles. The first kappa shape index (κ1) is 16.2. The normalized spacial score (nSPS) is 11.8. The van der Waals surface area contributed by atoms with E-state index >= 15 is 0 Å². The second kappa shape index (κ2) is 8.32. The van der Waals surface area contributed by atoms with Crippen molar-refractivity contribution in [2.75, 3.05) is 20.2 Å². The molecule has 1 unspecified atom stereocenters. The molecule has 0 heterocycles. The predicted molar refractivity (Wildman–Crippen MR) is 78.1 cm³/mol. The van der Waals surface area contributed by atoms with Gasteiger partial charge in [-0.2, -0.15) is 0 Å². The van der Waals surface area contributed by atoms with Crippen LogP contribution in [-0.2, 0) is 4.79 Å². The number of carbonyl (C=O) groups is 2. The molecule has 1 aromatic carbocycles. The van der Waals surface area contributed by atoms with Crippen molar-refractivity contribution in [3.05, 3.63) is 29.8 Å². The lowest BCUT2D eigenvalue weighted by molar-refractivity contribution is -0.118. The fourth-order valence-corrected chi connectivity index (χ4v) is 1.85. The number of ketones is 1. The molecule has 20 heavy (non-hydrogen) atoms. The number of hydrogen-bond acceptors (Lipinski definition) is 4. The maximum absolute atomic E-state index is 12.3. The van der Waals surface area contributed by atoms with Crippen molar-refractivity contribution in [1.82, 2.24) is 10.6 Å². The second-order valence-electron chi connectivity index (χ2n) is 4.58. The van der Waals surface area contributed by atoms with Crippen molar-refractivity contribution >= 4 is 11.7 Å². The summed E-state index contributed by atoms with van der Waals surface area (Å²) >= 11 is 0. The molecule has 0 aliphatic rings. The molecule has 5 heteroatoms. The monoisotopic (exact) mass is 278 g/mol. The van der Waals surface area contributed by atoms with Gasteiger partial charge in [-0.25, -0.2) is 0 Å². The van der Waals surface area contributed by atoms with Gasteiger partial charge in [-0.3, -0.25) is 9.59 Å². The standard InChI is InChI=1S/C15H22N2O3/c1-11(16-9-6-10-17-12(2)18)15(19)13-7-4-5-8-14(13)20-3/h4-5,7-8,11,16H,6,9-10H2,1-3H3,(H,17,18). The van der Waals surface area contributed by atoms with Gasteiger partial charge in [-0.1, -0.05) is 12.1 Å². The number of para-hydroxylation sites is 1. The highest BCUT2D eigenvalue weighted by Crippen LogP contribution is 2.18. The molecule has 0 saturated heterocycles. The molecule has 110 valence electrons. The molecule has 0 saturated carbocycles. The first-order chi connectivity index (χ1) is 9.56. The maximum Gasteiger partial charge on any atom is 0.216 e. The highest BCUT2D eigenvalue weighted by molar-refractivity contribution is 6.02. The summed E-state index contributed by atoms with van der Waals surface area (Å²) in [5.74, 6) is 0.550. The minimum atomic E-state index is -0.288. The topological polar surface area (TPSA) is 67.4 Å². The first-order valence-corrected chi connectivity index (χ1v) is 6.71. The molecular formula is C15H22N2O3. The van der Waals surface area contributed by atoms with E-state index < -0.39 is 0 Å². The van der Waals surface area contributed by atoms with Crippen molar-refractivity contribution in [3.63, 3.8) is 0 Å². The summed E-state index contributed by atoms with van der Waals surface area (Å²) in [6, 6.07) is 6.90. The number of Topliss-reactive ketones (excluding diaryl/α,β-unsaturated/α-hetero) is 1. The van der Waals surface area contributed by atoms with Gasteiger partial charge >= 0.3 is 0 Å². The molecule has 0 bridgehead atoms. The number of amides is 1. The van der Waals surface area contributed by atoms with Crippen LogP contribution in [0.3, 0.4) is 0 Å². The number of carbonyl (C=O) groups excluding carboxylic acids is 2. The lowest BCUT2D eigenvalue weighted by Gasteiger charge is -2.14. The number of methoxy groups -OCH3 is 1. The third kappa shape index (κ3) is 5.01. The second-order valence-corrected chi connectivity index (χ2v) is 4.58. The van der Waals surface area contributed by atoms with Gasteiger partial charge in [0.25, 0.3) is 0 Å². The minimum absolute atomic E-state index is 0.00183. The Morgan fingerprint density at radius 3 is 2.60 bits per heavy atom. The van der Waals surface area contributed by atoms with Crippen LogP contribution < -0.4 is 15.4 Å². The van der Waals surface area contributed by atoms with E-state index in [2.05, 4.69) is 10.6 Å². The number of benzene rings is 1. The zero-order valence-corrected chi connectivity index (χ0v) is 12.2. The molecule has 1 amide bonds. The van der Waals surface area contributed by atoms with Gasteiger partial charge < -0.3 is 15.4 Å². The number of hydrogen-bond donors (Lipinski definition) is 2. The molecule has 0 fully saturated rings. The predicted octanol–water partition coefficient (Wildman–Crippen LogP) is 1.38. The van der Waals surface area contributed by atoms with E-state index in [1.165, 1.54) is 6.92 Å². The largest absolute Gasteiger partial charge is 0.496 e. The Balaban J connectivity index is 2.44. The van der Waals surface area contributed by atoms with E-state index in [-0.39, 0.29) is 17.7 Å². The number of rotatable bonds is 8. The average Bonchev–Trinajstić information content (AvgIpc) is 2.45. The third-order valence-corrected chi connectivity index (χ3v) is 2.94. The Labute approximate surface area is 119 Å². The lowest BCUT2D eigenvalue weighted by atomic mass is 10.0. The first-order valence-electron chi connectivity index (χ1n) is 6.71. The van der Waals surface area contributed by atoms with Gasteiger partial charge in [0.1, 0.15) is 5.75 Å². The van der Waals surface area contributed by atoms with Crippen LogP contribution in [0, 0.1) is 0 Å². The van der Waals surface area contributed by atoms with Crippen LogP contribution in [0.4, 0.5) is 0 Å². The van der Waals surface area contributed by atoms with E-state index in [0.717, 1.165) is 6.42 Å². The summed E-state index contributed by atoms with van der Waals surface area (Å²) in [4.78, 5) is 23.0. The highest BCUT2D eigenvalue weighted by Gasteiger charge is 2.17. The van der Waals surface area contributed by atoms with Gasteiger partial charge in [-0.15, -0.1) is 0 Å². The smallest absolute Gasteiger partial charge is 0.216 e. The molecule has 0 aromatic heterocycles. The van der Waals surface area contributed by atoms with Gasteiger partial charge in [0.05, 0.1) is 18.7 Å². The lowest BCUT2D eigenvalue weighted by Crippen LogP contribution is -2.36. The molecule has 0 radical (unpaired) electrons. The van der Waals surface area contributed by atoms with Crippen molar-refractivity contribution in [1.29, 1.82) is 0 Å².